The minimum atomic E-state index is -2.70. The normalized spacial score (nSPS) is 11.6. The summed E-state index contributed by atoms with van der Waals surface area (Å²) < 4.78 is 23.6. The molecule has 6 heteroatoms. The van der Waals surface area contributed by atoms with Crippen molar-refractivity contribution in [2.45, 2.75) is 65.8 Å². The minimum Gasteiger partial charge on any atom is -0.465 e. The number of carbonyl (C=O) groups is 1. The van der Waals surface area contributed by atoms with Gasteiger partial charge in [0.05, 0.1) is 13.0 Å². The molecule has 1 aromatic rings. The Morgan fingerprint density at radius 3 is 1.85 bits per heavy atom. The number of aryl methyl sites for hydroxylation is 1. The molecule has 0 aliphatic carbocycles. The number of hydrogen-bond acceptors (Lipinski definition) is 5. The molecule has 0 N–H and O–H groups in total. The van der Waals surface area contributed by atoms with Crippen molar-refractivity contribution in [3.8, 4) is 0 Å². The standard InChI is InChI=1S/C21H36O5Si/c1-5-13-24-27(25-14-6-2,26-15-7-3)17-8-16-23-21(22)18-20-11-9-19(4)10-12-20/h9-12H,5-8,13-18H2,1-4H3. The second-order valence-corrected chi connectivity index (χ2v) is 9.45. The van der Waals surface area contributed by atoms with Crippen molar-refractivity contribution in [1.29, 1.82) is 0 Å². The molecule has 0 spiro atoms. The van der Waals surface area contributed by atoms with Crippen LogP contribution in [0.1, 0.15) is 57.6 Å². The van der Waals surface area contributed by atoms with Crippen molar-refractivity contribution in [2.24, 2.45) is 0 Å². The topological polar surface area (TPSA) is 54.0 Å². The summed E-state index contributed by atoms with van der Waals surface area (Å²) in [5.41, 5.74) is 2.15. The van der Waals surface area contributed by atoms with E-state index in [1.165, 1.54) is 5.56 Å². The van der Waals surface area contributed by atoms with E-state index in [1.54, 1.807) is 0 Å². The highest BCUT2D eigenvalue weighted by molar-refractivity contribution is 6.60. The summed E-state index contributed by atoms with van der Waals surface area (Å²) in [6.07, 6.45) is 3.75. The average Bonchev–Trinajstić information content (AvgIpc) is 2.68. The molecule has 1 rings (SSSR count). The van der Waals surface area contributed by atoms with Gasteiger partial charge < -0.3 is 18.0 Å². The molecule has 0 aliphatic heterocycles. The Labute approximate surface area is 165 Å². The number of rotatable bonds is 15. The Morgan fingerprint density at radius 1 is 0.852 bits per heavy atom. The fourth-order valence-electron chi connectivity index (χ4n) is 2.51. The zero-order valence-corrected chi connectivity index (χ0v) is 18.4. The molecule has 0 saturated carbocycles. The van der Waals surface area contributed by atoms with E-state index in [-0.39, 0.29) is 5.97 Å². The number of hydrogen-bond donors (Lipinski definition) is 0. The van der Waals surface area contributed by atoms with E-state index in [2.05, 4.69) is 20.8 Å². The van der Waals surface area contributed by atoms with Crippen LogP contribution in [-0.4, -0.2) is 41.2 Å². The highest BCUT2D eigenvalue weighted by Gasteiger charge is 2.40. The predicted molar refractivity (Wildman–Crippen MR) is 110 cm³/mol. The molecule has 5 nitrogen and oxygen atoms in total. The van der Waals surface area contributed by atoms with Crippen molar-refractivity contribution in [1.82, 2.24) is 0 Å². The number of benzene rings is 1. The van der Waals surface area contributed by atoms with Gasteiger partial charge in [-0.1, -0.05) is 50.6 Å². The van der Waals surface area contributed by atoms with Crippen LogP contribution in [0, 0.1) is 6.92 Å². The van der Waals surface area contributed by atoms with Crippen LogP contribution in [0.2, 0.25) is 6.04 Å². The lowest BCUT2D eigenvalue weighted by molar-refractivity contribution is -0.142. The molecular formula is C21H36O5Si. The molecule has 0 atom stereocenters. The fourth-order valence-corrected chi connectivity index (χ4v) is 5.32. The molecule has 0 bridgehead atoms. The zero-order valence-electron chi connectivity index (χ0n) is 17.4. The van der Waals surface area contributed by atoms with Crippen molar-refractivity contribution < 1.29 is 22.8 Å². The third kappa shape index (κ3) is 10.0. The molecule has 0 aromatic heterocycles. The molecule has 1 aromatic carbocycles. The van der Waals surface area contributed by atoms with E-state index in [1.807, 2.05) is 31.2 Å². The van der Waals surface area contributed by atoms with E-state index in [0.717, 1.165) is 24.8 Å². The van der Waals surface area contributed by atoms with E-state index in [0.29, 0.717) is 45.3 Å². The minimum absolute atomic E-state index is 0.204. The van der Waals surface area contributed by atoms with Crippen LogP contribution in [0.25, 0.3) is 0 Å². The summed E-state index contributed by atoms with van der Waals surface area (Å²) in [4.78, 5) is 12.0. The van der Waals surface area contributed by atoms with Gasteiger partial charge in [0.25, 0.3) is 0 Å². The van der Waals surface area contributed by atoms with Crippen LogP contribution < -0.4 is 0 Å². The Morgan fingerprint density at radius 2 is 1.37 bits per heavy atom. The molecule has 0 amide bonds. The highest BCUT2D eigenvalue weighted by Crippen LogP contribution is 2.19. The molecular weight excluding hydrogens is 360 g/mol. The molecule has 154 valence electrons. The molecule has 0 aliphatic rings. The smallest absolute Gasteiger partial charge is 0.465 e. The van der Waals surface area contributed by atoms with Gasteiger partial charge in [0.1, 0.15) is 0 Å². The number of esters is 1. The fraction of sp³-hybridized carbons (Fsp3) is 0.667. The van der Waals surface area contributed by atoms with Crippen LogP contribution in [0.4, 0.5) is 0 Å². The van der Waals surface area contributed by atoms with Gasteiger partial charge in [0.2, 0.25) is 0 Å². The Hall–Kier alpha value is -1.21. The Balaban J connectivity index is 2.47. The maximum absolute atomic E-state index is 12.0. The lowest BCUT2D eigenvalue weighted by atomic mass is 10.1. The summed E-state index contributed by atoms with van der Waals surface area (Å²) >= 11 is 0. The quantitative estimate of drug-likeness (QED) is 0.245. The van der Waals surface area contributed by atoms with Gasteiger partial charge in [0, 0.05) is 25.9 Å². The van der Waals surface area contributed by atoms with Crippen molar-refractivity contribution in [3.05, 3.63) is 35.4 Å². The summed E-state index contributed by atoms with van der Waals surface area (Å²) in [6, 6.07) is 8.60. The van der Waals surface area contributed by atoms with E-state index < -0.39 is 8.80 Å². The van der Waals surface area contributed by atoms with Crippen LogP contribution in [-0.2, 0) is 29.2 Å². The maximum Gasteiger partial charge on any atom is 0.501 e. The highest BCUT2D eigenvalue weighted by atomic mass is 28.4. The maximum atomic E-state index is 12.0. The lowest BCUT2D eigenvalue weighted by Crippen LogP contribution is -2.46. The summed E-state index contributed by atoms with van der Waals surface area (Å²) in [6.45, 7) is 10.5. The monoisotopic (exact) mass is 396 g/mol. The summed E-state index contributed by atoms with van der Waals surface area (Å²) in [5.74, 6) is -0.204. The van der Waals surface area contributed by atoms with E-state index in [4.69, 9.17) is 18.0 Å². The van der Waals surface area contributed by atoms with Crippen molar-refractivity contribution >= 4 is 14.8 Å². The first-order chi connectivity index (χ1) is 13.0. The summed E-state index contributed by atoms with van der Waals surface area (Å²) in [7, 11) is -2.70. The third-order valence-electron chi connectivity index (χ3n) is 3.94. The first-order valence-electron chi connectivity index (χ1n) is 10.2. The first-order valence-corrected chi connectivity index (χ1v) is 12.1. The Bertz CT molecular complexity index is 496. The molecule has 0 radical (unpaired) electrons. The third-order valence-corrected chi connectivity index (χ3v) is 6.84. The van der Waals surface area contributed by atoms with Crippen LogP contribution in [0.15, 0.2) is 24.3 Å². The largest absolute Gasteiger partial charge is 0.501 e. The number of ether oxygens (including phenoxy) is 1. The first kappa shape index (κ1) is 23.8. The number of carbonyl (C=O) groups excluding carboxylic acids is 1. The van der Waals surface area contributed by atoms with Crippen LogP contribution in [0.3, 0.4) is 0 Å². The lowest BCUT2D eigenvalue weighted by Gasteiger charge is -2.29. The molecule has 0 unspecified atom stereocenters. The van der Waals surface area contributed by atoms with Gasteiger partial charge in [0.15, 0.2) is 0 Å². The van der Waals surface area contributed by atoms with Gasteiger partial charge in [-0.2, -0.15) is 0 Å². The zero-order chi connectivity index (χ0) is 20.0. The molecule has 0 heterocycles. The van der Waals surface area contributed by atoms with Gasteiger partial charge in [-0.15, -0.1) is 0 Å². The van der Waals surface area contributed by atoms with Gasteiger partial charge >= 0.3 is 14.8 Å². The van der Waals surface area contributed by atoms with E-state index >= 15 is 0 Å². The molecule has 0 fully saturated rings. The average molecular weight is 397 g/mol. The van der Waals surface area contributed by atoms with Gasteiger partial charge in [-0.25, -0.2) is 0 Å². The second kappa shape index (κ2) is 13.9. The van der Waals surface area contributed by atoms with Crippen LogP contribution >= 0.6 is 0 Å². The Kier molecular flexibility index (Phi) is 12.2. The van der Waals surface area contributed by atoms with Crippen molar-refractivity contribution in [3.63, 3.8) is 0 Å². The van der Waals surface area contributed by atoms with Gasteiger partial charge in [-0.3, -0.25) is 4.79 Å². The molecule has 27 heavy (non-hydrogen) atoms. The molecule has 0 saturated heterocycles. The second-order valence-electron chi connectivity index (χ2n) is 6.71. The van der Waals surface area contributed by atoms with E-state index in [9.17, 15) is 4.79 Å². The summed E-state index contributed by atoms with van der Waals surface area (Å²) in [5, 5.41) is 0. The van der Waals surface area contributed by atoms with Gasteiger partial charge in [-0.05, 0) is 38.2 Å². The predicted octanol–water partition coefficient (Wildman–Crippen LogP) is 4.69. The van der Waals surface area contributed by atoms with Crippen molar-refractivity contribution in [2.75, 3.05) is 26.4 Å². The SMILES string of the molecule is CCCO[Si](CCCOC(=O)Cc1ccc(C)cc1)(OCCC)OCCC. The van der Waals surface area contributed by atoms with Crippen LogP contribution in [0.5, 0.6) is 0 Å².